The van der Waals surface area contributed by atoms with Crippen LogP contribution < -0.4 is 0 Å². The van der Waals surface area contributed by atoms with Crippen molar-refractivity contribution in [3.8, 4) is 0 Å². The van der Waals surface area contributed by atoms with Crippen LogP contribution in [0.5, 0.6) is 0 Å². The number of hydrogen-bond acceptors (Lipinski definition) is 1. The summed E-state index contributed by atoms with van der Waals surface area (Å²) in [5.74, 6) is 0. The van der Waals surface area contributed by atoms with Crippen molar-refractivity contribution in [2.45, 2.75) is 13.8 Å². The van der Waals surface area contributed by atoms with Crippen LogP contribution in [0.25, 0.3) is 17.2 Å². The van der Waals surface area contributed by atoms with Gasteiger partial charge in [0.2, 0.25) is 0 Å². The van der Waals surface area contributed by atoms with Gasteiger partial charge in [0.05, 0.1) is 5.52 Å². The highest BCUT2D eigenvalue weighted by Crippen LogP contribution is 2.27. The first-order valence-corrected chi connectivity index (χ1v) is 7.27. The van der Waals surface area contributed by atoms with E-state index in [0.717, 1.165) is 26.8 Å². The fourth-order valence-electron chi connectivity index (χ4n) is 2.10. The van der Waals surface area contributed by atoms with Gasteiger partial charge in [-0.25, -0.2) is 4.52 Å². The maximum absolute atomic E-state index is 4.69. The number of allylic oxidation sites excluding steroid dienone is 6. The van der Waals surface area contributed by atoms with Gasteiger partial charge in [0.25, 0.3) is 0 Å². The Morgan fingerprint density at radius 3 is 2.80 bits per heavy atom. The number of aromatic nitrogens is 2. The van der Waals surface area contributed by atoms with Gasteiger partial charge >= 0.3 is 0 Å². The summed E-state index contributed by atoms with van der Waals surface area (Å²) in [4.78, 5) is 0. The Kier molecular flexibility index (Phi) is 4.74. The van der Waals surface area contributed by atoms with Crippen LogP contribution in [0, 0.1) is 0 Å². The average molecular weight is 329 g/mol. The van der Waals surface area contributed by atoms with E-state index in [4.69, 9.17) is 0 Å². The van der Waals surface area contributed by atoms with E-state index in [0.29, 0.717) is 0 Å². The van der Waals surface area contributed by atoms with Gasteiger partial charge in [0.15, 0.2) is 0 Å². The Morgan fingerprint density at radius 1 is 1.35 bits per heavy atom. The first-order valence-electron chi connectivity index (χ1n) is 6.47. The molecule has 0 fully saturated rings. The maximum Gasteiger partial charge on any atom is 0.101 e. The number of pyridine rings is 1. The van der Waals surface area contributed by atoms with Crippen LogP contribution in [-0.2, 0) is 0 Å². The van der Waals surface area contributed by atoms with Crippen LogP contribution in [0.4, 0.5) is 0 Å². The monoisotopic (exact) mass is 328 g/mol. The fourth-order valence-corrected chi connectivity index (χ4v) is 2.44. The molecule has 2 nitrogen and oxygen atoms in total. The molecule has 2 rings (SSSR count). The van der Waals surface area contributed by atoms with E-state index in [1.165, 1.54) is 0 Å². The van der Waals surface area contributed by atoms with E-state index in [9.17, 15) is 0 Å². The predicted molar refractivity (Wildman–Crippen MR) is 90.6 cm³/mol. The van der Waals surface area contributed by atoms with Crippen LogP contribution in [0.15, 0.2) is 59.8 Å². The zero-order valence-corrected chi connectivity index (χ0v) is 13.3. The molecule has 0 amide bonds. The lowest BCUT2D eigenvalue weighted by molar-refractivity contribution is 0.950. The zero-order chi connectivity index (χ0) is 14.5. The highest BCUT2D eigenvalue weighted by atomic mass is 79.9. The molecule has 2 heterocycles. The smallest absolute Gasteiger partial charge is 0.101 e. The van der Waals surface area contributed by atoms with Crippen LogP contribution in [0.2, 0.25) is 0 Å². The van der Waals surface area contributed by atoms with E-state index in [-0.39, 0.29) is 0 Å². The molecular formula is C17H17BrN2. The zero-order valence-electron chi connectivity index (χ0n) is 11.7. The number of halogens is 1. The Bertz CT molecular complexity index is 718. The van der Waals surface area contributed by atoms with Gasteiger partial charge in [0.1, 0.15) is 5.69 Å². The standard InChI is InChI=1S/C17H17BrN2/c1-4-7-13(8-5-2)17-15(9-6-3)16-12-14(18)10-11-20(16)19-17/h4-12H,1H2,2-3H3/b8-5-,9-6+,13-7+. The van der Waals surface area contributed by atoms with E-state index < -0.39 is 0 Å². The largest absolute Gasteiger partial charge is 0.240 e. The normalized spacial score (nSPS) is 12.8. The van der Waals surface area contributed by atoms with Gasteiger partial charge in [-0.3, -0.25) is 0 Å². The number of fused-ring (bicyclic) bond motifs is 1. The molecule has 0 aliphatic rings. The van der Waals surface area contributed by atoms with Gasteiger partial charge < -0.3 is 0 Å². The Hall–Kier alpha value is -1.87. The summed E-state index contributed by atoms with van der Waals surface area (Å²) in [5.41, 5.74) is 4.20. The third-order valence-corrected chi connectivity index (χ3v) is 3.38. The molecule has 0 unspecified atom stereocenters. The maximum atomic E-state index is 4.69. The lowest BCUT2D eigenvalue weighted by atomic mass is 10.1. The molecule has 0 saturated heterocycles. The van der Waals surface area contributed by atoms with Crippen molar-refractivity contribution >= 4 is 33.1 Å². The molecule has 0 aliphatic heterocycles. The van der Waals surface area contributed by atoms with Crippen molar-refractivity contribution in [1.29, 1.82) is 0 Å². The van der Waals surface area contributed by atoms with Crippen LogP contribution in [-0.4, -0.2) is 9.61 Å². The van der Waals surface area contributed by atoms with Gasteiger partial charge in [-0.15, -0.1) is 0 Å². The molecule has 0 aromatic carbocycles. The van der Waals surface area contributed by atoms with Crippen LogP contribution >= 0.6 is 15.9 Å². The minimum atomic E-state index is 0.958. The lowest BCUT2D eigenvalue weighted by Gasteiger charge is -1.99. The molecule has 0 aliphatic carbocycles. The summed E-state index contributed by atoms with van der Waals surface area (Å²) >= 11 is 3.52. The molecule has 0 saturated carbocycles. The average Bonchev–Trinajstić information content (AvgIpc) is 2.77. The summed E-state index contributed by atoms with van der Waals surface area (Å²) < 4.78 is 2.94. The lowest BCUT2D eigenvalue weighted by Crippen LogP contribution is -1.87. The van der Waals surface area contributed by atoms with Crippen molar-refractivity contribution in [1.82, 2.24) is 9.61 Å². The highest BCUT2D eigenvalue weighted by molar-refractivity contribution is 9.10. The minimum Gasteiger partial charge on any atom is -0.240 e. The molecule has 0 N–H and O–H groups in total. The van der Waals surface area contributed by atoms with Gasteiger partial charge in [-0.1, -0.05) is 59.0 Å². The number of hydrogen-bond donors (Lipinski definition) is 0. The number of rotatable bonds is 4. The van der Waals surface area contributed by atoms with Crippen molar-refractivity contribution in [2.24, 2.45) is 0 Å². The van der Waals surface area contributed by atoms with E-state index in [2.05, 4.69) is 39.7 Å². The molecule has 20 heavy (non-hydrogen) atoms. The molecule has 2 aromatic heterocycles. The molecule has 2 aromatic rings. The van der Waals surface area contributed by atoms with Gasteiger partial charge in [-0.2, -0.15) is 5.10 Å². The second-order valence-corrected chi connectivity index (χ2v) is 5.21. The molecule has 0 radical (unpaired) electrons. The quantitative estimate of drug-likeness (QED) is 0.698. The van der Waals surface area contributed by atoms with Crippen molar-refractivity contribution in [3.05, 3.63) is 71.0 Å². The molecule has 0 bridgehead atoms. The third kappa shape index (κ3) is 2.83. The second-order valence-electron chi connectivity index (χ2n) is 4.29. The third-order valence-electron chi connectivity index (χ3n) is 2.89. The highest BCUT2D eigenvalue weighted by Gasteiger charge is 2.12. The Labute approximate surface area is 127 Å². The summed E-state index contributed by atoms with van der Waals surface area (Å²) in [7, 11) is 0. The summed E-state index contributed by atoms with van der Waals surface area (Å²) in [6, 6.07) is 4.06. The first-order chi connectivity index (χ1) is 9.71. The second kappa shape index (κ2) is 6.53. The van der Waals surface area contributed by atoms with Gasteiger partial charge in [0, 0.05) is 21.8 Å². The fraction of sp³-hybridized carbons (Fsp3) is 0.118. The molecule has 0 atom stereocenters. The Morgan fingerprint density at radius 2 is 2.15 bits per heavy atom. The topological polar surface area (TPSA) is 17.3 Å². The molecule has 102 valence electrons. The van der Waals surface area contributed by atoms with Crippen molar-refractivity contribution in [3.63, 3.8) is 0 Å². The minimum absolute atomic E-state index is 0.958. The number of nitrogens with zero attached hydrogens (tertiary/aromatic N) is 2. The van der Waals surface area contributed by atoms with E-state index >= 15 is 0 Å². The van der Waals surface area contributed by atoms with Crippen LogP contribution in [0.1, 0.15) is 25.1 Å². The van der Waals surface area contributed by atoms with E-state index in [1.54, 1.807) is 6.08 Å². The molecule has 3 heteroatoms. The Balaban J connectivity index is 2.77. The molecule has 0 spiro atoms. The summed E-state index contributed by atoms with van der Waals surface area (Å²) in [6.45, 7) is 7.79. The SMILES string of the molecule is C=C/C=C(\C=C/C)c1nn2ccc(Br)cc2c1/C=C/C. The first kappa shape index (κ1) is 14.5. The predicted octanol–water partition coefficient (Wildman–Crippen LogP) is 5.28. The van der Waals surface area contributed by atoms with Gasteiger partial charge in [-0.05, 0) is 26.0 Å². The van der Waals surface area contributed by atoms with Crippen molar-refractivity contribution in [2.75, 3.05) is 0 Å². The van der Waals surface area contributed by atoms with E-state index in [1.807, 2.05) is 54.9 Å². The summed E-state index contributed by atoms with van der Waals surface area (Å²) in [6.07, 6.45) is 13.9. The summed E-state index contributed by atoms with van der Waals surface area (Å²) in [5, 5.41) is 4.69. The van der Waals surface area contributed by atoms with Crippen LogP contribution in [0.3, 0.4) is 0 Å². The molecular weight excluding hydrogens is 312 g/mol. The van der Waals surface area contributed by atoms with Crippen molar-refractivity contribution < 1.29 is 0 Å².